The molecular formula is C15H21N3OS. The minimum atomic E-state index is 0.846. The molecule has 0 aliphatic heterocycles. The number of hydrogen-bond donors (Lipinski definition) is 1. The number of nitrogens with zero attached hydrogens (tertiary/aromatic N) is 2. The molecule has 4 nitrogen and oxygen atoms in total. The van der Waals surface area contributed by atoms with Crippen LogP contribution in [0.4, 0.5) is 10.8 Å². The smallest absolute Gasteiger partial charge is 0.182 e. The maximum atomic E-state index is 5.26. The lowest BCUT2D eigenvalue weighted by molar-refractivity contribution is 0.415. The molecule has 0 spiro atoms. The highest BCUT2D eigenvalue weighted by molar-refractivity contribution is 7.15. The second-order valence-corrected chi connectivity index (χ2v) is 5.73. The number of aromatic nitrogens is 1. The summed E-state index contributed by atoms with van der Waals surface area (Å²) < 4.78 is 5.26. The van der Waals surface area contributed by atoms with E-state index in [1.807, 2.05) is 24.4 Å². The van der Waals surface area contributed by atoms with Crippen molar-refractivity contribution in [3.63, 3.8) is 0 Å². The Bertz CT molecular complexity index is 541. The van der Waals surface area contributed by atoms with Crippen molar-refractivity contribution >= 4 is 22.2 Å². The average Bonchev–Trinajstić information content (AvgIpc) is 2.92. The van der Waals surface area contributed by atoms with Crippen LogP contribution in [0.2, 0.25) is 0 Å². The highest BCUT2D eigenvalue weighted by Gasteiger charge is 2.06. The zero-order valence-corrected chi connectivity index (χ0v) is 13.0. The molecule has 1 heterocycles. The highest BCUT2D eigenvalue weighted by atomic mass is 32.1. The largest absolute Gasteiger partial charge is 0.497 e. The second kappa shape index (κ2) is 7.14. The lowest BCUT2D eigenvalue weighted by Gasteiger charge is -2.18. The fourth-order valence-corrected chi connectivity index (χ4v) is 2.76. The molecule has 0 amide bonds. The van der Waals surface area contributed by atoms with Gasteiger partial charge in [0.15, 0.2) is 5.13 Å². The second-order valence-electron chi connectivity index (χ2n) is 4.62. The molecule has 0 aliphatic carbocycles. The Hall–Kier alpha value is -1.75. The summed E-state index contributed by atoms with van der Waals surface area (Å²) in [5.41, 5.74) is 1.14. The topological polar surface area (TPSA) is 37.4 Å². The van der Waals surface area contributed by atoms with E-state index in [1.54, 1.807) is 18.4 Å². The predicted molar refractivity (Wildman–Crippen MR) is 86.0 cm³/mol. The zero-order valence-electron chi connectivity index (χ0n) is 12.2. The highest BCUT2D eigenvalue weighted by Crippen LogP contribution is 2.24. The van der Waals surface area contributed by atoms with Gasteiger partial charge in [0.2, 0.25) is 0 Å². The Morgan fingerprint density at radius 1 is 1.40 bits per heavy atom. The standard InChI is InChI=1S/C15H21N3OS/c1-4-8-16-15-17-10-14(20-15)11-18(2)12-6-5-7-13(9-12)19-3/h5-7,9-10H,4,8,11H2,1-3H3,(H,16,17). The summed E-state index contributed by atoms with van der Waals surface area (Å²) in [5, 5.41) is 4.32. The molecule has 1 aromatic carbocycles. The van der Waals surface area contributed by atoms with Crippen LogP contribution < -0.4 is 15.0 Å². The lowest BCUT2D eigenvalue weighted by Crippen LogP contribution is -2.15. The Morgan fingerprint density at radius 3 is 3.00 bits per heavy atom. The zero-order chi connectivity index (χ0) is 14.4. The van der Waals surface area contributed by atoms with Crippen molar-refractivity contribution in [2.45, 2.75) is 19.9 Å². The Morgan fingerprint density at radius 2 is 2.25 bits per heavy atom. The van der Waals surface area contributed by atoms with E-state index in [2.05, 4.69) is 35.2 Å². The van der Waals surface area contributed by atoms with Gasteiger partial charge >= 0.3 is 0 Å². The normalized spacial score (nSPS) is 10.3. The van der Waals surface area contributed by atoms with Crippen LogP contribution in [0.1, 0.15) is 18.2 Å². The monoisotopic (exact) mass is 291 g/mol. The van der Waals surface area contributed by atoms with E-state index in [-0.39, 0.29) is 0 Å². The van der Waals surface area contributed by atoms with Gasteiger partial charge in [0, 0.05) is 36.4 Å². The van der Waals surface area contributed by atoms with Gasteiger partial charge in [-0.25, -0.2) is 4.98 Å². The molecule has 20 heavy (non-hydrogen) atoms. The third kappa shape index (κ3) is 3.87. The number of rotatable bonds is 7. The first-order valence-corrected chi connectivity index (χ1v) is 7.58. The first-order chi connectivity index (χ1) is 9.72. The van der Waals surface area contributed by atoms with Gasteiger partial charge < -0.3 is 15.0 Å². The molecule has 5 heteroatoms. The van der Waals surface area contributed by atoms with Gasteiger partial charge in [0.25, 0.3) is 0 Å². The first-order valence-electron chi connectivity index (χ1n) is 6.76. The van der Waals surface area contributed by atoms with Crippen molar-refractivity contribution in [3.8, 4) is 5.75 Å². The number of methoxy groups -OCH3 is 1. The van der Waals surface area contributed by atoms with Gasteiger partial charge in [-0.2, -0.15) is 0 Å². The number of ether oxygens (including phenoxy) is 1. The van der Waals surface area contributed by atoms with E-state index in [4.69, 9.17) is 4.74 Å². The number of anilines is 2. The van der Waals surface area contributed by atoms with Crippen LogP contribution in [0, 0.1) is 0 Å². The molecule has 0 saturated heterocycles. The molecule has 0 atom stereocenters. The van der Waals surface area contributed by atoms with Gasteiger partial charge in [0.05, 0.1) is 13.7 Å². The van der Waals surface area contributed by atoms with E-state index in [0.717, 1.165) is 36.1 Å². The summed E-state index contributed by atoms with van der Waals surface area (Å²) in [6.45, 7) is 3.97. The van der Waals surface area contributed by atoms with Crippen molar-refractivity contribution in [1.29, 1.82) is 0 Å². The molecule has 108 valence electrons. The number of benzene rings is 1. The molecule has 1 N–H and O–H groups in total. The summed E-state index contributed by atoms with van der Waals surface area (Å²) in [5.74, 6) is 0.879. The summed E-state index contributed by atoms with van der Waals surface area (Å²) in [6.07, 6.45) is 3.05. The van der Waals surface area contributed by atoms with Gasteiger partial charge in [-0.15, -0.1) is 11.3 Å². The predicted octanol–water partition coefficient (Wildman–Crippen LogP) is 3.61. The summed E-state index contributed by atoms with van der Waals surface area (Å²) in [4.78, 5) is 7.83. The maximum Gasteiger partial charge on any atom is 0.182 e. The quantitative estimate of drug-likeness (QED) is 0.845. The molecule has 0 radical (unpaired) electrons. The van der Waals surface area contributed by atoms with Crippen LogP contribution in [-0.4, -0.2) is 25.7 Å². The van der Waals surface area contributed by atoms with Gasteiger partial charge in [-0.3, -0.25) is 0 Å². The number of hydrogen-bond acceptors (Lipinski definition) is 5. The molecule has 2 aromatic rings. The van der Waals surface area contributed by atoms with Gasteiger partial charge in [-0.1, -0.05) is 13.0 Å². The molecule has 0 aliphatic rings. The van der Waals surface area contributed by atoms with Crippen molar-refractivity contribution < 1.29 is 4.74 Å². The Labute approximate surface area is 124 Å². The van der Waals surface area contributed by atoms with Crippen molar-refractivity contribution in [2.75, 3.05) is 30.9 Å². The third-order valence-electron chi connectivity index (χ3n) is 2.97. The summed E-state index contributed by atoms with van der Waals surface area (Å²) >= 11 is 1.71. The fourth-order valence-electron chi connectivity index (χ4n) is 1.87. The lowest BCUT2D eigenvalue weighted by atomic mass is 10.3. The van der Waals surface area contributed by atoms with E-state index in [1.165, 1.54) is 4.88 Å². The number of nitrogens with one attached hydrogen (secondary N) is 1. The minimum absolute atomic E-state index is 0.846. The first kappa shape index (κ1) is 14.7. The SMILES string of the molecule is CCCNc1ncc(CN(C)c2cccc(OC)c2)s1. The number of thiazole rings is 1. The molecule has 0 unspecified atom stereocenters. The maximum absolute atomic E-state index is 5.26. The molecule has 1 aromatic heterocycles. The van der Waals surface area contributed by atoms with E-state index < -0.39 is 0 Å². The molecule has 0 fully saturated rings. The Kier molecular flexibility index (Phi) is 5.24. The molecule has 0 saturated carbocycles. The van der Waals surface area contributed by atoms with E-state index in [0.29, 0.717) is 0 Å². The molecule has 0 bridgehead atoms. The van der Waals surface area contributed by atoms with Crippen molar-refractivity contribution in [2.24, 2.45) is 0 Å². The molecule has 2 rings (SSSR count). The third-order valence-corrected chi connectivity index (χ3v) is 3.91. The van der Waals surface area contributed by atoms with Crippen molar-refractivity contribution in [1.82, 2.24) is 4.98 Å². The minimum Gasteiger partial charge on any atom is -0.497 e. The summed E-state index contributed by atoms with van der Waals surface area (Å²) in [6, 6.07) is 8.08. The van der Waals surface area contributed by atoms with Crippen LogP contribution in [-0.2, 0) is 6.54 Å². The van der Waals surface area contributed by atoms with Gasteiger partial charge in [-0.05, 0) is 18.6 Å². The fraction of sp³-hybridized carbons (Fsp3) is 0.400. The van der Waals surface area contributed by atoms with Crippen LogP contribution in [0.5, 0.6) is 5.75 Å². The van der Waals surface area contributed by atoms with Crippen LogP contribution in [0.25, 0.3) is 0 Å². The average molecular weight is 291 g/mol. The van der Waals surface area contributed by atoms with Crippen LogP contribution >= 0.6 is 11.3 Å². The molecular weight excluding hydrogens is 270 g/mol. The van der Waals surface area contributed by atoms with Crippen molar-refractivity contribution in [3.05, 3.63) is 35.3 Å². The van der Waals surface area contributed by atoms with Crippen LogP contribution in [0.3, 0.4) is 0 Å². The Balaban J connectivity index is 1.99. The van der Waals surface area contributed by atoms with E-state index >= 15 is 0 Å². The summed E-state index contributed by atoms with van der Waals surface area (Å²) in [7, 11) is 3.77. The van der Waals surface area contributed by atoms with Crippen LogP contribution in [0.15, 0.2) is 30.5 Å². The van der Waals surface area contributed by atoms with E-state index in [9.17, 15) is 0 Å². The van der Waals surface area contributed by atoms with Gasteiger partial charge in [0.1, 0.15) is 5.75 Å².